The summed E-state index contributed by atoms with van der Waals surface area (Å²) in [6, 6.07) is -37.6. The van der Waals surface area contributed by atoms with E-state index in [1.807, 2.05) is 5.32 Å². The summed E-state index contributed by atoms with van der Waals surface area (Å²) in [5, 5.41) is 121. The number of H-pyrrole nitrogens is 1. The molecule has 61 nitrogen and oxygen atoms in total. The summed E-state index contributed by atoms with van der Waals surface area (Å²) < 4.78 is 0. The highest BCUT2D eigenvalue weighted by molar-refractivity contribution is 8.77. The quantitative estimate of drug-likeness (QED) is 0.00975. The van der Waals surface area contributed by atoms with E-state index in [4.69, 9.17) is 45.2 Å². The number of imidazole rings is 1. The van der Waals surface area contributed by atoms with Gasteiger partial charge in [0.25, 0.3) is 0 Å². The zero-order valence-corrected chi connectivity index (χ0v) is 85.4. The van der Waals surface area contributed by atoms with Crippen LogP contribution in [0.15, 0.2) is 12.5 Å². The molecule has 149 heavy (non-hydrogen) atoms. The van der Waals surface area contributed by atoms with Crippen LogP contribution in [0.5, 0.6) is 0 Å². The standard InChI is InChI=1S/C84H132N30O31S4/c1-8-35(6)59(88)75(135)99-40(12-9-15-94-83(89)90)63(123)101-45(24-58(120)121)67(127)100-43(20-39(80(140)141)81(142)143)65(125)108-51-30-147-146-28-49-70(130)98-41(13-10-16-95-84(91)92)64(124)111-60(33(2)3)76(136)103-44(21-55(85)117)66(126)104-47(23-57(87)119)79(139)114-26-38(116)19-54(114)74(134)102-42(18-37-25-93-32-96-37)68(128)112-61(34(4)5)77(137)110-52(82(144)145)31-149-148-29-50(109-72(51)132)71(131)106-48(27-115)69(129)105-46(22-56(86)118)78(138)113-17-11-14-53(113)73(133)97-36(7)62(122)107-49/h25,32-36,38-54,59-61,115-116H,8-24,26-31,88H2,1-7H3,(H2,85,117)(H2,86,118)(H2,87,119)(H,93,96)(H,97,133)(H,98,130)(H,99,135)(H,100,127)(H,101,123)(H,102,134)(H,103,136)(H,104,126)(H,105,129)(H,106,131)(H,107,122)(H,108,125)(H,109,132)(H,110,137)(H,111,124)(H,112,128)(H,120,121)(H,140,141)(H,142,143)(H,144,145)(H4,89,90,94)(H4,91,92,95)/t35-,36-,38+,40-,41?,42-,43-,44?,45-,46-,47-,48-,49-,50-,51-,52-,53-,54-,59-,60?,61?/m0/s1. The number of carbonyl (C=O) groups is 25. The van der Waals surface area contributed by atoms with Gasteiger partial charge in [0.15, 0.2) is 17.8 Å². The van der Waals surface area contributed by atoms with Crippen molar-refractivity contribution in [3.63, 3.8) is 0 Å². The number of aliphatic carboxylic acids is 4. The van der Waals surface area contributed by atoms with Crippen molar-refractivity contribution < 1.29 is 151 Å². The lowest BCUT2D eigenvalue weighted by molar-refractivity contribution is -0.156. The van der Waals surface area contributed by atoms with Crippen molar-refractivity contribution in [2.45, 2.75) is 259 Å². The number of hydrogen-bond donors (Lipinski definition) is 33. The number of carbonyl (C=O) groups excluding carboxylic acids is 21. The number of rotatable bonds is 36. The molecule has 0 aliphatic carbocycles. The van der Waals surface area contributed by atoms with Crippen LogP contribution in [0, 0.1) is 34.5 Å². The van der Waals surface area contributed by atoms with Gasteiger partial charge in [-0.25, -0.2) is 9.78 Å². The summed E-state index contributed by atoms with van der Waals surface area (Å²) in [4.78, 5) is 365. The number of primary amides is 3. The number of fused-ring (bicyclic) bond motifs is 10. The molecule has 1 aromatic rings. The molecule has 21 atom stereocenters. The Labute approximate surface area is 866 Å². The number of hydrogen-bond acceptors (Lipinski definition) is 35. The first-order valence-electron chi connectivity index (χ1n) is 46.9. The largest absolute Gasteiger partial charge is 0.481 e. The van der Waals surface area contributed by atoms with E-state index in [9.17, 15) is 127 Å². The van der Waals surface area contributed by atoms with E-state index in [-0.39, 0.29) is 57.4 Å². The molecule has 0 spiro atoms. The number of aliphatic hydroxyl groups excluding tert-OH is 2. The molecule has 4 saturated heterocycles. The molecule has 4 aliphatic rings. The van der Waals surface area contributed by atoms with Gasteiger partial charge in [0.1, 0.15) is 109 Å². The number of carboxylic acid groups (broad SMARTS) is 4. The summed E-state index contributed by atoms with van der Waals surface area (Å²) in [5.74, 6) is -45.9. The van der Waals surface area contributed by atoms with Crippen LogP contribution < -0.4 is 130 Å². The molecule has 5 rings (SSSR count). The van der Waals surface area contributed by atoms with Gasteiger partial charge in [-0.05, 0) is 63.2 Å². The first-order valence-corrected chi connectivity index (χ1v) is 51.8. The number of guanidine groups is 2. The maximum atomic E-state index is 15.6. The number of aliphatic hydroxyl groups is 2. The highest BCUT2D eigenvalue weighted by atomic mass is 33.1. The minimum atomic E-state index is -2.74. The topological polar surface area (TPSA) is 1000 Å². The van der Waals surface area contributed by atoms with Crippen LogP contribution in [-0.4, -0.2) is 387 Å². The Hall–Kier alpha value is -14.2. The fourth-order valence-corrected chi connectivity index (χ4v) is 19.8. The molecule has 1 aromatic heterocycles. The minimum Gasteiger partial charge on any atom is -0.481 e. The predicted octanol–water partition coefficient (Wildman–Crippen LogP) is -14.0. The van der Waals surface area contributed by atoms with Crippen LogP contribution in [0.2, 0.25) is 0 Å². The Morgan fingerprint density at radius 3 is 1.50 bits per heavy atom. The number of nitrogens with zero attached hydrogens (tertiary/aromatic N) is 3. The SMILES string of the molecule is CC[C@H](C)[C@H](N)C(=O)N[C@@H](CCCNC(=N)N)C(=O)N[C@@H](CC(=O)O)C(=O)N[C@@H](CC(C(=O)O)C(=O)O)C(=O)N[C@H]1CSSC[C@@H]2NC(=O)[C@H](C)NC(=O)[C@@H]3CCCN3C(=O)[C@H](CC(N)=O)NC(=O)[C@H](CO)NC(=O)[C@H](CSSC[C@@H](C(=O)O)NC(=O)C(C(C)C)NC(=O)[C@H](Cc3cnc[nH]3)NC(=O)[C@@H]3C[C@@H](O)CN3C(=O)[C@H](CC(N)=O)NC(=O)C(CC(N)=O)NC(=O)C(C(C)C)NC(=O)C(CCCNC(=N)N)NC2=O)NC1=O. The molecule has 4 unspecified atom stereocenters. The maximum Gasteiger partial charge on any atom is 0.327 e. The Bertz CT molecular complexity index is 5040. The summed E-state index contributed by atoms with van der Waals surface area (Å²) in [7, 11) is 1.94. The van der Waals surface area contributed by atoms with Crippen molar-refractivity contribution in [2.75, 3.05) is 55.8 Å². The number of aromatic amines is 1. The summed E-state index contributed by atoms with van der Waals surface area (Å²) in [6.45, 7) is 7.10. The smallest absolute Gasteiger partial charge is 0.327 e. The van der Waals surface area contributed by atoms with Crippen LogP contribution in [-0.2, 0) is 126 Å². The third-order valence-electron chi connectivity index (χ3n) is 23.6. The van der Waals surface area contributed by atoms with Crippen LogP contribution >= 0.6 is 43.2 Å². The Balaban J connectivity index is 1.84. The number of nitrogens with two attached hydrogens (primary N) is 6. The number of carboxylic acids is 4. The third kappa shape index (κ3) is 40.7. The average Bonchev–Trinajstić information content (AvgIpc) is 1.67. The molecular weight excluding hydrogens is 2050 g/mol. The molecular formula is C84H132N30O31S4. The molecule has 65 heteroatoms. The lowest BCUT2D eigenvalue weighted by Crippen LogP contribution is -2.62. The van der Waals surface area contributed by atoms with Crippen LogP contribution in [0.1, 0.15) is 138 Å². The van der Waals surface area contributed by atoms with E-state index in [2.05, 4.69) is 100 Å². The highest BCUT2D eigenvalue weighted by Gasteiger charge is 2.48. The van der Waals surface area contributed by atoms with Gasteiger partial charge in [0, 0.05) is 80.3 Å². The lowest BCUT2D eigenvalue weighted by atomic mass is 9.98. The van der Waals surface area contributed by atoms with Gasteiger partial charge < -0.3 is 176 Å². The van der Waals surface area contributed by atoms with Crippen LogP contribution in [0.25, 0.3) is 0 Å². The van der Waals surface area contributed by atoms with E-state index in [1.165, 1.54) is 40.2 Å². The zero-order chi connectivity index (χ0) is 112. The minimum absolute atomic E-state index is 0.0444. The van der Waals surface area contributed by atoms with E-state index in [0.717, 1.165) is 11.8 Å². The number of aromatic nitrogens is 2. The summed E-state index contributed by atoms with van der Waals surface area (Å²) >= 11 is 0. The predicted molar refractivity (Wildman–Crippen MR) is 527 cm³/mol. The molecule has 21 amide bonds. The molecule has 0 aromatic carbocycles. The second-order valence-corrected chi connectivity index (χ2v) is 41.1. The van der Waals surface area contributed by atoms with E-state index >= 15 is 24.0 Å². The zero-order valence-electron chi connectivity index (χ0n) is 82.1. The van der Waals surface area contributed by atoms with Gasteiger partial charge in [-0.15, -0.1) is 0 Å². The van der Waals surface area contributed by atoms with Crippen molar-refractivity contribution in [1.82, 2.24) is 115 Å². The molecule has 4 aliphatic heterocycles. The van der Waals surface area contributed by atoms with E-state index in [0.29, 0.717) is 54.5 Å². The molecule has 828 valence electrons. The fourth-order valence-electron chi connectivity index (χ4n) is 15.2. The van der Waals surface area contributed by atoms with Crippen molar-refractivity contribution in [2.24, 2.45) is 58.1 Å². The summed E-state index contributed by atoms with van der Waals surface area (Å²) in [6.07, 6.45) is -7.41. The van der Waals surface area contributed by atoms with E-state index < -0.39 is 392 Å². The van der Waals surface area contributed by atoms with Gasteiger partial charge in [0.2, 0.25) is 124 Å². The van der Waals surface area contributed by atoms with Crippen molar-refractivity contribution in [1.29, 1.82) is 10.8 Å². The van der Waals surface area contributed by atoms with Gasteiger partial charge >= 0.3 is 23.9 Å². The van der Waals surface area contributed by atoms with Crippen LogP contribution in [0.3, 0.4) is 0 Å². The second kappa shape index (κ2) is 60.9. The molecule has 5 heterocycles. The molecule has 0 saturated carbocycles. The molecule has 2 bridgehead atoms. The number of nitrogens with one attached hydrogen (secondary N) is 21. The Morgan fingerprint density at radius 2 is 0.980 bits per heavy atom. The first-order chi connectivity index (χ1) is 70.0. The Morgan fingerprint density at radius 1 is 0.510 bits per heavy atom. The van der Waals surface area contributed by atoms with Crippen molar-refractivity contribution in [3.05, 3.63) is 18.2 Å². The highest BCUT2D eigenvalue weighted by Crippen LogP contribution is 2.29. The Kier molecular flexibility index (Phi) is 51.2. The monoisotopic (exact) mass is 2180 g/mol. The number of amides is 21. The molecule has 39 N–H and O–H groups in total. The average molecular weight is 2190 g/mol. The fraction of sp³-hybridized carbons (Fsp3) is 0.643. The van der Waals surface area contributed by atoms with Gasteiger partial charge in [0.05, 0.1) is 50.8 Å². The normalized spacial score (nSPS) is 25.2. The first kappa shape index (κ1) is 125. The maximum absolute atomic E-state index is 15.6. The van der Waals surface area contributed by atoms with Crippen molar-refractivity contribution >= 4 is 203 Å². The summed E-state index contributed by atoms with van der Waals surface area (Å²) in [5.41, 5.74) is 34.1. The lowest BCUT2D eigenvalue weighted by Gasteiger charge is -2.31. The van der Waals surface area contributed by atoms with Gasteiger partial charge in [-0.2, -0.15) is 0 Å². The molecule has 0 radical (unpaired) electrons. The molecule has 4 fully saturated rings. The van der Waals surface area contributed by atoms with Crippen LogP contribution in [0.4, 0.5) is 0 Å². The van der Waals surface area contributed by atoms with Gasteiger partial charge in [-0.3, -0.25) is 126 Å². The van der Waals surface area contributed by atoms with Gasteiger partial charge in [-0.1, -0.05) is 91.1 Å². The van der Waals surface area contributed by atoms with E-state index in [1.54, 1.807) is 13.8 Å². The van der Waals surface area contributed by atoms with Crippen molar-refractivity contribution in [3.8, 4) is 0 Å². The second-order valence-electron chi connectivity index (χ2n) is 36.0. The third-order valence-corrected chi connectivity index (χ3v) is 28.4.